The van der Waals surface area contributed by atoms with Gasteiger partial charge in [-0.15, -0.1) is 0 Å². The van der Waals surface area contributed by atoms with E-state index in [4.69, 9.17) is 4.99 Å². The number of allylic oxidation sites excluding steroid dienone is 6. The molecular formula is C45H34N4. The zero-order chi connectivity index (χ0) is 32.3. The number of hydrogen-bond donors (Lipinski definition) is 0. The van der Waals surface area contributed by atoms with Gasteiger partial charge in [0.1, 0.15) is 11.7 Å². The van der Waals surface area contributed by atoms with Gasteiger partial charge in [0.25, 0.3) is 0 Å². The quantitative estimate of drug-likeness (QED) is 0.178. The SMILES string of the molecule is CC1C=CC=C(n2c3ccccc3c3cc4c5ccccc5n(-c5ccc(C6N=C(c7ccccc7)C78C=CC=CC7N68)cc5)c4cc32)C1. The van der Waals surface area contributed by atoms with Gasteiger partial charge < -0.3 is 9.13 Å². The Morgan fingerprint density at radius 3 is 2.08 bits per heavy atom. The van der Waals surface area contributed by atoms with Crippen LogP contribution in [0, 0.1) is 5.92 Å². The zero-order valence-electron chi connectivity index (χ0n) is 27.2. The third-order valence-corrected chi connectivity index (χ3v) is 11.3. The molecule has 0 N–H and O–H groups in total. The van der Waals surface area contributed by atoms with E-state index in [0.29, 0.717) is 12.0 Å². The molecule has 2 aliphatic carbocycles. The van der Waals surface area contributed by atoms with E-state index < -0.39 is 0 Å². The Hall–Kier alpha value is -5.71. The maximum atomic E-state index is 5.38. The first kappa shape index (κ1) is 27.3. The highest BCUT2D eigenvalue weighted by Gasteiger charge is 2.69. The summed E-state index contributed by atoms with van der Waals surface area (Å²) in [5.74, 6) is 0.510. The molecular weight excluding hydrogens is 597 g/mol. The van der Waals surface area contributed by atoms with Gasteiger partial charge in [0.2, 0.25) is 0 Å². The van der Waals surface area contributed by atoms with Gasteiger partial charge in [0.05, 0.1) is 33.8 Å². The fourth-order valence-corrected chi connectivity index (χ4v) is 9.07. The third kappa shape index (κ3) is 3.70. The molecule has 0 amide bonds. The average Bonchev–Trinajstić information content (AvgIpc) is 3.36. The molecule has 7 aromatic rings. The van der Waals surface area contributed by atoms with Crippen LogP contribution in [0.2, 0.25) is 0 Å². The van der Waals surface area contributed by atoms with Gasteiger partial charge in [0, 0.05) is 32.9 Å². The van der Waals surface area contributed by atoms with Crippen molar-refractivity contribution in [3.8, 4) is 5.69 Å². The van der Waals surface area contributed by atoms with Gasteiger partial charge in [-0.25, -0.2) is 0 Å². The molecule has 49 heavy (non-hydrogen) atoms. The number of aromatic nitrogens is 2. The van der Waals surface area contributed by atoms with Crippen molar-refractivity contribution in [2.45, 2.75) is 31.1 Å². The Bertz CT molecular complexity index is 2660. The standard InChI is InChI=1S/C45H34N4/c1-29-12-11-15-33(26-29)48-39-19-8-6-17-35(39)37-27-36-34-16-5-7-18-38(34)47(40(36)28-41(37)48)32-23-21-31(22-24-32)44-46-43(30-13-3-2-4-14-30)45-25-10-9-20-42(45)49(44)45/h2-25,27-29,42,44H,26H2,1H3. The lowest BCUT2D eigenvalue weighted by molar-refractivity contribution is 0.403. The number of nitrogens with zero attached hydrogens (tertiary/aromatic N) is 4. The highest BCUT2D eigenvalue weighted by atomic mass is 15.5. The van der Waals surface area contributed by atoms with Crippen LogP contribution >= 0.6 is 0 Å². The first-order valence-electron chi connectivity index (χ1n) is 17.4. The molecule has 1 saturated heterocycles. The molecule has 2 aliphatic heterocycles. The van der Waals surface area contributed by atoms with E-state index in [2.05, 4.69) is 179 Å². The lowest BCUT2D eigenvalue weighted by Crippen LogP contribution is -2.26. The summed E-state index contributed by atoms with van der Waals surface area (Å²) in [5, 5.41) is 5.15. The van der Waals surface area contributed by atoms with E-state index in [1.807, 2.05) is 0 Å². The Morgan fingerprint density at radius 2 is 1.33 bits per heavy atom. The first-order chi connectivity index (χ1) is 24.2. The number of fused-ring (bicyclic) bond motifs is 7. The highest BCUT2D eigenvalue weighted by molar-refractivity contribution is 6.19. The normalized spacial score (nSPS) is 25.2. The second kappa shape index (κ2) is 9.91. The van der Waals surface area contributed by atoms with Crippen LogP contribution < -0.4 is 0 Å². The van der Waals surface area contributed by atoms with E-state index in [0.717, 1.165) is 12.1 Å². The van der Waals surface area contributed by atoms with Crippen molar-refractivity contribution in [2.75, 3.05) is 0 Å². The van der Waals surface area contributed by atoms with Gasteiger partial charge in [-0.1, -0.05) is 122 Å². The molecule has 234 valence electrons. The summed E-state index contributed by atoms with van der Waals surface area (Å²) in [6.45, 7) is 2.30. The number of hydrogen-bond acceptors (Lipinski definition) is 2. The van der Waals surface area contributed by atoms with Crippen molar-refractivity contribution in [1.29, 1.82) is 0 Å². The van der Waals surface area contributed by atoms with Crippen LogP contribution in [-0.2, 0) is 0 Å². The maximum absolute atomic E-state index is 5.38. The van der Waals surface area contributed by atoms with Crippen LogP contribution in [0.1, 0.15) is 30.6 Å². The summed E-state index contributed by atoms with van der Waals surface area (Å²) < 4.78 is 4.95. The molecule has 1 fully saturated rings. The van der Waals surface area contributed by atoms with Gasteiger partial charge in [-0.2, -0.15) is 0 Å². The van der Waals surface area contributed by atoms with Crippen molar-refractivity contribution >= 4 is 55.0 Å². The molecule has 0 radical (unpaired) electrons. The summed E-state index contributed by atoms with van der Waals surface area (Å²) in [7, 11) is 0. The largest absolute Gasteiger partial charge is 0.313 e. The molecule has 4 nitrogen and oxygen atoms in total. The van der Waals surface area contributed by atoms with E-state index in [1.54, 1.807) is 0 Å². The third-order valence-electron chi connectivity index (χ3n) is 11.3. The molecule has 2 aromatic heterocycles. The fourth-order valence-electron chi connectivity index (χ4n) is 9.07. The summed E-state index contributed by atoms with van der Waals surface area (Å²) in [4.78, 5) is 7.93. The van der Waals surface area contributed by atoms with Gasteiger partial charge in [-0.05, 0) is 65.9 Å². The Morgan fingerprint density at radius 1 is 0.633 bits per heavy atom. The molecule has 5 atom stereocenters. The monoisotopic (exact) mass is 630 g/mol. The van der Waals surface area contributed by atoms with Crippen LogP contribution in [0.15, 0.2) is 163 Å². The summed E-state index contributed by atoms with van der Waals surface area (Å²) in [6, 6.07) is 42.8. The fraction of sp³-hybridized carbons (Fsp3) is 0.133. The number of aliphatic imine (C=N–C) groups is 1. The topological polar surface area (TPSA) is 25.2 Å². The minimum Gasteiger partial charge on any atom is -0.313 e. The van der Waals surface area contributed by atoms with Crippen molar-refractivity contribution in [1.82, 2.24) is 14.0 Å². The Kier molecular flexibility index (Phi) is 5.51. The minimum atomic E-state index is -0.141. The predicted octanol–water partition coefficient (Wildman–Crippen LogP) is 10.4. The van der Waals surface area contributed by atoms with Crippen molar-refractivity contribution in [2.24, 2.45) is 10.9 Å². The van der Waals surface area contributed by atoms with Crippen molar-refractivity contribution < 1.29 is 0 Å². The van der Waals surface area contributed by atoms with E-state index in [1.165, 1.54) is 66.1 Å². The zero-order valence-corrected chi connectivity index (χ0v) is 27.2. The average molecular weight is 631 g/mol. The molecule has 1 spiro atoms. The first-order valence-corrected chi connectivity index (χ1v) is 17.4. The smallest absolute Gasteiger partial charge is 0.130 e. The number of para-hydroxylation sites is 2. The van der Waals surface area contributed by atoms with Crippen molar-refractivity contribution in [3.05, 3.63) is 169 Å². The van der Waals surface area contributed by atoms with Crippen LogP contribution in [0.25, 0.3) is 55.0 Å². The molecule has 4 heteroatoms. The lowest BCUT2D eigenvalue weighted by atomic mass is 9.90. The number of rotatable bonds is 4. The van der Waals surface area contributed by atoms with Gasteiger partial charge in [0.15, 0.2) is 0 Å². The van der Waals surface area contributed by atoms with Crippen LogP contribution in [0.4, 0.5) is 0 Å². The highest BCUT2D eigenvalue weighted by Crippen LogP contribution is 2.58. The maximum Gasteiger partial charge on any atom is 0.130 e. The molecule has 4 aliphatic rings. The molecule has 4 heterocycles. The summed E-state index contributed by atoms with van der Waals surface area (Å²) in [6.07, 6.45) is 16.9. The Balaban J connectivity index is 1.08. The molecule has 0 bridgehead atoms. The lowest BCUT2D eigenvalue weighted by Gasteiger charge is -2.18. The van der Waals surface area contributed by atoms with Crippen LogP contribution in [0.3, 0.4) is 0 Å². The van der Waals surface area contributed by atoms with Crippen LogP contribution in [-0.4, -0.2) is 31.3 Å². The molecule has 11 rings (SSSR count). The number of benzene rings is 5. The van der Waals surface area contributed by atoms with Crippen molar-refractivity contribution in [3.63, 3.8) is 0 Å². The van der Waals surface area contributed by atoms with E-state index in [9.17, 15) is 0 Å². The predicted molar refractivity (Wildman–Crippen MR) is 203 cm³/mol. The molecule has 5 unspecified atom stereocenters. The van der Waals surface area contributed by atoms with E-state index in [-0.39, 0.29) is 11.7 Å². The summed E-state index contributed by atoms with van der Waals surface area (Å²) >= 11 is 0. The molecule has 5 aromatic carbocycles. The van der Waals surface area contributed by atoms with E-state index >= 15 is 0 Å². The van der Waals surface area contributed by atoms with Gasteiger partial charge in [-0.3, -0.25) is 9.89 Å². The summed E-state index contributed by atoms with van der Waals surface area (Å²) in [5.41, 5.74) is 10.9. The van der Waals surface area contributed by atoms with Crippen LogP contribution in [0.5, 0.6) is 0 Å². The second-order valence-electron chi connectivity index (χ2n) is 14.0. The molecule has 0 saturated carbocycles. The van der Waals surface area contributed by atoms with Gasteiger partial charge >= 0.3 is 0 Å². The second-order valence-corrected chi connectivity index (χ2v) is 14.0. The Labute approximate surface area is 284 Å². The minimum absolute atomic E-state index is 0.0182.